The number of rotatable bonds is 3. The highest BCUT2D eigenvalue weighted by Crippen LogP contribution is 2.17. The van der Waals surface area contributed by atoms with Crippen molar-refractivity contribution >= 4 is 11.5 Å². The van der Waals surface area contributed by atoms with Gasteiger partial charge in [-0.05, 0) is 37.6 Å². The fraction of sp³-hybridized carbons (Fsp3) is 0.273. The van der Waals surface area contributed by atoms with Gasteiger partial charge in [0, 0.05) is 5.56 Å². The number of carbonyl (C=O) groups is 1. The Kier molecular flexibility index (Phi) is 3.44. The number of ether oxygens (including phenoxy) is 1. The van der Waals surface area contributed by atoms with Gasteiger partial charge in [0.2, 0.25) is 5.78 Å². The van der Waals surface area contributed by atoms with Crippen LogP contribution in [-0.4, -0.2) is 23.8 Å². The van der Waals surface area contributed by atoms with Crippen LogP contribution < -0.4 is 4.74 Å². The molecule has 0 amide bonds. The van der Waals surface area contributed by atoms with Crippen molar-refractivity contribution in [1.29, 1.82) is 0 Å². The predicted octanol–water partition coefficient (Wildman–Crippen LogP) is 2.04. The van der Waals surface area contributed by atoms with Crippen molar-refractivity contribution in [3.8, 4) is 5.75 Å². The molecule has 4 heteroatoms. The first-order valence-electron chi connectivity index (χ1n) is 4.48. The second-order valence-corrected chi connectivity index (χ2v) is 3.20. The molecular weight excluding hydrogens is 194 g/mol. The minimum atomic E-state index is -0.280. The molecule has 4 nitrogen and oxygen atoms in total. The molecule has 0 aliphatic carbocycles. The second kappa shape index (κ2) is 4.59. The summed E-state index contributed by atoms with van der Waals surface area (Å²) in [5.74, 6) is 0.417. The van der Waals surface area contributed by atoms with Crippen molar-refractivity contribution < 1.29 is 14.7 Å². The van der Waals surface area contributed by atoms with Crippen molar-refractivity contribution in [2.75, 3.05) is 7.11 Å². The molecule has 0 unspecified atom stereocenters. The Labute approximate surface area is 88.2 Å². The Bertz CT molecular complexity index is 410. The average molecular weight is 207 g/mol. The van der Waals surface area contributed by atoms with Crippen molar-refractivity contribution in [2.45, 2.75) is 13.8 Å². The molecule has 1 N–H and O–H groups in total. The molecule has 0 fully saturated rings. The molecular formula is C11H13NO3. The summed E-state index contributed by atoms with van der Waals surface area (Å²) in [7, 11) is 1.57. The molecule has 0 radical (unpaired) electrons. The SMILES string of the molecule is COc1ccc(C(=O)C(C)=NO)c(C)c1. The second-order valence-electron chi connectivity index (χ2n) is 3.20. The Morgan fingerprint density at radius 2 is 2.13 bits per heavy atom. The zero-order valence-electron chi connectivity index (χ0n) is 8.94. The maximum atomic E-state index is 11.7. The van der Waals surface area contributed by atoms with E-state index in [9.17, 15) is 4.79 Å². The molecule has 0 aromatic heterocycles. The highest BCUT2D eigenvalue weighted by atomic mass is 16.5. The van der Waals surface area contributed by atoms with Gasteiger partial charge in [-0.25, -0.2) is 0 Å². The number of methoxy groups -OCH3 is 1. The summed E-state index contributed by atoms with van der Waals surface area (Å²) < 4.78 is 5.03. The molecule has 0 aliphatic heterocycles. The average Bonchev–Trinajstić information content (AvgIpc) is 2.26. The van der Waals surface area contributed by atoms with E-state index >= 15 is 0 Å². The minimum absolute atomic E-state index is 0.0725. The maximum Gasteiger partial charge on any atom is 0.210 e. The number of aryl methyl sites for hydroxylation is 1. The van der Waals surface area contributed by atoms with Crippen LogP contribution in [-0.2, 0) is 0 Å². The smallest absolute Gasteiger partial charge is 0.210 e. The summed E-state index contributed by atoms with van der Waals surface area (Å²) >= 11 is 0. The zero-order valence-corrected chi connectivity index (χ0v) is 8.94. The van der Waals surface area contributed by atoms with Crippen LogP contribution in [0.5, 0.6) is 5.75 Å². The van der Waals surface area contributed by atoms with Gasteiger partial charge >= 0.3 is 0 Å². The lowest BCUT2D eigenvalue weighted by atomic mass is 10.0. The molecule has 0 atom stereocenters. The Balaban J connectivity index is 3.11. The molecule has 0 heterocycles. The lowest BCUT2D eigenvalue weighted by molar-refractivity contribution is 0.106. The van der Waals surface area contributed by atoms with Gasteiger partial charge in [0.25, 0.3) is 0 Å². The first-order chi connectivity index (χ1) is 7.10. The molecule has 15 heavy (non-hydrogen) atoms. The van der Waals surface area contributed by atoms with Crippen LogP contribution >= 0.6 is 0 Å². The van der Waals surface area contributed by atoms with Gasteiger partial charge in [0.05, 0.1) is 7.11 Å². The van der Waals surface area contributed by atoms with E-state index in [0.717, 1.165) is 5.56 Å². The van der Waals surface area contributed by atoms with Gasteiger partial charge in [0.15, 0.2) is 0 Å². The Hall–Kier alpha value is -1.84. The number of benzene rings is 1. The number of hydrogen-bond acceptors (Lipinski definition) is 4. The van der Waals surface area contributed by atoms with Crippen molar-refractivity contribution in [1.82, 2.24) is 0 Å². The third-order valence-corrected chi connectivity index (χ3v) is 2.16. The molecule has 1 aromatic rings. The van der Waals surface area contributed by atoms with Gasteiger partial charge in [-0.1, -0.05) is 5.16 Å². The number of Topliss-reactive ketones (excluding diaryl/α,β-unsaturated/α-hetero) is 1. The lowest BCUT2D eigenvalue weighted by Gasteiger charge is -2.06. The molecule has 1 rings (SSSR count). The van der Waals surface area contributed by atoms with Crippen LogP contribution in [0.3, 0.4) is 0 Å². The fourth-order valence-corrected chi connectivity index (χ4v) is 1.26. The zero-order chi connectivity index (χ0) is 11.4. The first-order valence-corrected chi connectivity index (χ1v) is 4.48. The van der Waals surface area contributed by atoms with Gasteiger partial charge < -0.3 is 9.94 Å². The van der Waals surface area contributed by atoms with Crippen LogP contribution in [0, 0.1) is 6.92 Å². The van der Waals surface area contributed by atoms with Crippen LogP contribution in [0.25, 0.3) is 0 Å². The minimum Gasteiger partial charge on any atom is -0.497 e. The Morgan fingerprint density at radius 1 is 1.47 bits per heavy atom. The van der Waals surface area contributed by atoms with Crippen molar-refractivity contribution in [3.05, 3.63) is 29.3 Å². The summed E-state index contributed by atoms with van der Waals surface area (Å²) in [6.45, 7) is 3.27. The summed E-state index contributed by atoms with van der Waals surface area (Å²) in [4.78, 5) is 11.7. The normalized spacial score (nSPS) is 11.3. The number of ketones is 1. The third-order valence-electron chi connectivity index (χ3n) is 2.16. The van der Waals surface area contributed by atoms with E-state index in [1.807, 2.05) is 0 Å². The van der Waals surface area contributed by atoms with E-state index in [1.54, 1.807) is 32.2 Å². The van der Waals surface area contributed by atoms with Crippen molar-refractivity contribution in [2.24, 2.45) is 5.16 Å². The Morgan fingerprint density at radius 3 is 2.60 bits per heavy atom. The van der Waals surface area contributed by atoms with E-state index in [-0.39, 0.29) is 11.5 Å². The molecule has 1 aromatic carbocycles. The predicted molar refractivity (Wildman–Crippen MR) is 57.0 cm³/mol. The topological polar surface area (TPSA) is 58.9 Å². The van der Waals surface area contributed by atoms with Gasteiger partial charge in [-0.15, -0.1) is 0 Å². The monoisotopic (exact) mass is 207 g/mol. The van der Waals surface area contributed by atoms with E-state index in [1.165, 1.54) is 6.92 Å². The van der Waals surface area contributed by atoms with E-state index in [0.29, 0.717) is 11.3 Å². The van der Waals surface area contributed by atoms with E-state index in [2.05, 4.69) is 5.16 Å². The third kappa shape index (κ3) is 2.34. The van der Waals surface area contributed by atoms with E-state index < -0.39 is 0 Å². The van der Waals surface area contributed by atoms with Crippen LogP contribution in [0.4, 0.5) is 0 Å². The van der Waals surface area contributed by atoms with E-state index in [4.69, 9.17) is 9.94 Å². The van der Waals surface area contributed by atoms with Crippen LogP contribution in [0.15, 0.2) is 23.4 Å². The van der Waals surface area contributed by atoms with Gasteiger partial charge in [-0.2, -0.15) is 0 Å². The van der Waals surface area contributed by atoms with Crippen molar-refractivity contribution in [3.63, 3.8) is 0 Å². The number of nitrogens with zero attached hydrogens (tertiary/aromatic N) is 1. The molecule has 0 saturated carbocycles. The largest absolute Gasteiger partial charge is 0.497 e. The van der Waals surface area contributed by atoms with Crippen LogP contribution in [0.1, 0.15) is 22.8 Å². The number of oxime groups is 1. The molecule has 0 spiro atoms. The number of hydrogen-bond donors (Lipinski definition) is 1. The highest BCUT2D eigenvalue weighted by Gasteiger charge is 2.13. The summed E-state index contributed by atoms with van der Waals surface area (Å²) in [5, 5.41) is 11.4. The quantitative estimate of drug-likeness (QED) is 0.357. The fourth-order valence-electron chi connectivity index (χ4n) is 1.26. The maximum absolute atomic E-state index is 11.7. The highest BCUT2D eigenvalue weighted by molar-refractivity contribution is 6.45. The molecule has 0 bridgehead atoms. The van der Waals surface area contributed by atoms with Crippen LogP contribution in [0.2, 0.25) is 0 Å². The molecule has 0 aliphatic rings. The standard InChI is InChI=1S/C11H13NO3/c1-7-6-9(15-3)4-5-10(7)11(13)8(2)12-14/h4-6,14H,1-3H3. The molecule has 80 valence electrons. The number of carbonyl (C=O) groups excluding carboxylic acids is 1. The molecule has 0 saturated heterocycles. The van der Waals surface area contributed by atoms with Gasteiger partial charge in [-0.3, -0.25) is 4.79 Å². The summed E-state index contributed by atoms with van der Waals surface area (Å²) in [5.41, 5.74) is 1.39. The summed E-state index contributed by atoms with van der Waals surface area (Å²) in [6, 6.07) is 5.12. The summed E-state index contributed by atoms with van der Waals surface area (Å²) in [6.07, 6.45) is 0. The first kappa shape index (κ1) is 11.2. The lowest BCUT2D eigenvalue weighted by Crippen LogP contribution is -2.11. The van der Waals surface area contributed by atoms with Gasteiger partial charge in [0.1, 0.15) is 11.5 Å².